The molecule has 32 heavy (non-hydrogen) atoms. The Morgan fingerprint density at radius 1 is 1.31 bits per heavy atom. The molecular formula is C22H23F2N3O4S. The first kappa shape index (κ1) is 22.2. The Kier molecular flexibility index (Phi) is 6.14. The summed E-state index contributed by atoms with van der Waals surface area (Å²) < 4.78 is 36.1. The summed E-state index contributed by atoms with van der Waals surface area (Å²) >= 11 is 1.46. The molecular weight excluding hydrogens is 440 g/mol. The van der Waals surface area contributed by atoms with Crippen molar-refractivity contribution >= 4 is 27.5 Å². The summed E-state index contributed by atoms with van der Waals surface area (Å²) in [5.41, 5.74) is 1.38. The van der Waals surface area contributed by atoms with Gasteiger partial charge < -0.3 is 14.4 Å². The molecule has 1 fully saturated rings. The Labute approximate surface area is 187 Å². The van der Waals surface area contributed by atoms with Gasteiger partial charge >= 0.3 is 6.61 Å². The van der Waals surface area contributed by atoms with Crippen LogP contribution in [0.2, 0.25) is 0 Å². The van der Waals surface area contributed by atoms with Crippen LogP contribution in [-0.2, 0) is 17.9 Å². The number of nitrogens with zero attached hydrogens (tertiary/aromatic N) is 3. The quantitative estimate of drug-likeness (QED) is 0.507. The molecule has 0 saturated heterocycles. The van der Waals surface area contributed by atoms with Gasteiger partial charge in [0.25, 0.3) is 5.56 Å². The average molecular weight is 464 g/mol. The van der Waals surface area contributed by atoms with E-state index >= 15 is 0 Å². The van der Waals surface area contributed by atoms with Gasteiger partial charge in [-0.15, -0.1) is 11.3 Å². The highest BCUT2D eigenvalue weighted by Crippen LogP contribution is 2.33. The van der Waals surface area contributed by atoms with Gasteiger partial charge in [-0.2, -0.15) is 8.78 Å². The molecule has 0 aliphatic heterocycles. The van der Waals surface area contributed by atoms with Crippen LogP contribution >= 0.6 is 11.3 Å². The van der Waals surface area contributed by atoms with Crippen molar-refractivity contribution in [2.24, 2.45) is 0 Å². The first-order valence-corrected chi connectivity index (χ1v) is 11.0. The maximum absolute atomic E-state index is 13.1. The fourth-order valence-electron chi connectivity index (χ4n) is 3.63. The van der Waals surface area contributed by atoms with Crippen LogP contribution in [0, 0.1) is 13.8 Å². The van der Waals surface area contributed by atoms with E-state index in [-0.39, 0.29) is 42.1 Å². The highest BCUT2D eigenvalue weighted by atomic mass is 32.1. The van der Waals surface area contributed by atoms with Crippen LogP contribution in [0.1, 0.15) is 28.8 Å². The first-order valence-electron chi connectivity index (χ1n) is 10.1. The van der Waals surface area contributed by atoms with Crippen LogP contribution in [0.4, 0.5) is 8.78 Å². The summed E-state index contributed by atoms with van der Waals surface area (Å²) in [5, 5.41) is 0.556. The molecule has 1 aliphatic rings. The zero-order valence-corrected chi connectivity index (χ0v) is 18.7. The van der Waals surface area contributed by atoms with Gasteiger partial charge in [0, 0.05) is 17.5 Å². The summed E-state index contributed by atoms with van der Waals surface area (Å²) in [6.45, 7) is 1.03. The summed E-state index contributed by atoms with van der Waals surface area (Å²) in [5.74, 6) is -0.102. The Hall–Kier alpha value is -3.01. The number of hydrogen-bond donors (Lipinski definition) is 0. The zero-order chi connectivity index (χ0) is 23.0. The Morgan fingerprint density at radius 2 is 2.06 bits per heavy atom. The second-order valence-corrected chi connectivity index (χ2v) is 8.96. The predicted molar refractivity (Wildman–Crippen MR) is 117 cm³/mol. The van der Waals surface area contributed by atoms with E-state index in [9.17, 15) is 18.4 Å². The van der Waals surface area contributed by atoms with Gasteiger partial charge in [-0.3, -0.25) is 14.2 Å². The third-order valence-electron chi connectivity index (χ3n) is 5.57. The minimum Gasteiger partial charge on any atom is -0.493 e. The SMILES string of the molecule is COc1cc(CN(C(=O)Cn2cnc3sc(C)c(C)c3c2=O)C2CC2)ccc1OC(F)F. The predicted octanol–water partition coefficient (Wildman–Crippen LogP) is 3.88. The van der Waals surface area contributed by atoms with Crippen molar-refractivity contribution in [2.75, 3.05) is 7.11 Å². The average Bonchev–Trinajstić information content (AvgIpc) is 3.54. The van der Waals surface area contributed by atoms with Gasteiger partial charge in [-0.05, 0) is 49.9 Å². The van der Waals surface area contributed by atoms with Gasteiger partial charge in [-0.1, -0.05) is 6.07 Å². The lowest BCUT2D eigenvalue weighted by molar-refractivity contribution is -0.133. The van der Waals surface area contributed by atoms with Crippen LogP contribution in [-0.4, -0.2) is 40.1 Å². The Bertz CT molecular complexity index is 1220. The highest BCUT2D eigenvalue weighted by molar-refractivity contribution is 7.18. The molecule has 0 unspecified atom stereocenters. The summed E-state index contributed by atoms with van der Waals surface area (Å²) in [6, 6.07) is 4.69. The summed E-state index contributed by atoms with van der Waals surface area (Å²) in [6.07, 6.45) is 3.18. The lowest BCUT2D eigenvalue weighted by Crippen LogP contribution is -2.37. The Balaban J connectivity index is 1.56. The fraction of sp³-hybridized carbons (Fsp3) is 0.409. The standard InChI is InChI=1S/C22H23F2N3O4S/c1-12-13(2)32-20-19(12)21(29)26(11-25-20)10-18(28)27(15-5-6-15)9-14-4-7-16(31-22(23)24)17(8-14)30-3/h4,7-8,11,15,22H,5-6,9-10H2,1-3H3. The minimum absolute atomic E-state index is 0.0668. The molecule has 10 heteroatoms. The van der Waals surface area contributed by atoms with E-state index in [0.29, 0.717) is 15.8 Å². The topological polar surface area (TPSA) is 73.7 Å². The summed E-state index contributed by atoms with van der Waals surface area (Å²) in [7, 11) is 1.37. The number of carbonyl (C=O) groups is 1. The monoisotopic (exact) mass is 463 g/mol. The van der Waals surface area contributed by atoms with Crippen LogP contribution in [0.25, 0.3) is 10.2 Å². The lowest BCUT2D eigenvalue weighted by Gasteiger charge is -2.23. The van der Waals surface area contributed by atoms with Crippen molar-refractivity contribution in [2.45, 2.75) is 52.4 Å². The number of aryl methyl sites for hydroxylation is 2. The molecule has 0 radical (unpaired) electrons. The van der Waals surface area contributed by atoms with Gasteiger partial charge in [0.05, 0.1) is 18.8 Å². The molecule has 0 N–H and O–H groups in total. The van der Waals surface area contributed by atoms with Crippen LogP contribution in [0.5, 0.6) is 11.5 Å². The van der Waals surface area contributed by atoms with Crippen LogP contribution < -0.4 is 15.0 Å². The van der Waals surface area contributed by atoms with Gasteiger partial charge in [0.1, 0.15) is 11.4 Å². The number of aromatic nitrogens is 2. The summed E-state index contributed by atoms with van der Waals surface area (Å²) in [4.78, 5) is 33.8. The fourth-order valence-corrected chi connectivity index (χ4v) is 4.61. The number of rotatable bonds is 8. The van der Waals surface area contributed by atoms with E-state index < -0.39 is 6.61 Å². The number of alkyl halides is 2. The van der Waals surface area contributed by atoms with Gasteiger partial charge in [-0.25, -0.2) is 4.98 Å². The number of carbonyl (C=O) groups excluding carboxylic acids is 1. The molecule has 7 nitrogen and oxygen atoms in total. The second-order valence-electron chi connectivity index (χ2n) is 7.76. The third-order valence-corrected chi connectivity index (χ3v) is 6.68. The van der Waals surface area contributed by atoms with Crippen molar-refractivity contribution in [3.63, 3.8) is 0 Å². The molecule has 1 aliphatic carbocycles. The van der Waals surface area contributed by atoms with Crippen molar-refractivity contribution in [3.8, 4) is 11.5 Å². The second kappa shape index (κ2) is 8.85. The molecule has 0 atom stereocenters. The number of thiophene rings is 1. The number of methoxy groups -OCH3 is 1. The molecule has 2 heterocycles. The van der Waals surface area contributed by atoms with E-state index in [2.05, 4.69) is 9.72 Å². The number of halogens is 2. The van der Waals surface area contributed by atoms with Crippen molar-refractivity contribution in [3.05, 3.63) is 50.9 Å². The van der Waals surface area contributed by atoms with Gasteiger partial charge in [0.2, 0.25) is 5.91 Å². The number of hydrogen-bond acceptors (Lipinski definition) is 6. The van der Waals surface area contributed by atoms with E-state index in [1.807, 2.05) is 13.8 Å². The third kappa shape index (κ3) is 4.45. The number of amides is 1. The highest BCUT2D eigenvalue weighted by Gasteiger charge is 2.33. The number of benzene rings is 1. The lowest BCUT2D eigenvalue weighted by atomic mass is 10.1. The zero-order valence-electron chi connectivity index (χ0n) is 17.9. The maximum Gasteiger partial charge on any atom is 0.387 e. The molecule has 0 spiro atoms. The molecule has 2 aromatic heterocycles. The van der Waals surface area contributed by atoms with Crippen LogP contribution in [0.3, 0.4) is 0 Å². The maximum atomic E-state index is 13.1. The van der Waals surface area contributed by atoms with Crippen LogP contribution in [0.15, 0.2) is 29.3 Å². The normalized spacial score (nSPS) is 13.6. The largest absolute Gasteiger partial charge is 0.493 e. The smallest absolute Gasteiger partial charge is 0.387 e. The van der Waals surface area contributed by atoms with Crippen molar-refractivity contribution < 1.29 is 23.0 Å². The molecule has 1 amide bonds. The van der Waals surface area contributed by atoms with Gasteiger partial charge in [0.15, 0.2) is 11.5 Å². The Morgan fingerprint density at radius 3 is 2.72 bits per heavy atom. The van der Waals surface area contributed by atoms with Crippen molar-refractivity contribution in [1.82, 2.24) is 14.5 Å². The molecule has 170 valence electrons. The molecule has 3 aromatic rings. The molecule has 0 bridgehead atoms. The van der Waals surface area contributed by atoms with E-state index in [1.165, 1.54) is 35.4 Å². The molecule has 4 rings (SSSR count). The van der Waals surface area contributed by atoms with E-state index in [1.54, 1.807) is 17.0 Å². The first-order chi connectivity index (χ1) is 15.3. The van der Waals surface area contributed by atoms with E-state index in [4.69, 9.17) is 4.74 Å². The number of ether oxygens (including phenoxy) is 2. The number of fused-ring (bicyclic) bond motifs is 1. The van der Waals surface area contributed by atoms with E-state index in [0.717, 1.165) is 23.3 Å². The molecule has 1 saturated carbocycles. The molecule has 1 aromatic carbocycles. The van der Waals surface area contributed by atoms with Crippen molar-refractivity contribution in [1.29, 1.82) is 0 Å². The minimum atomic E-state index is -2.96.